The van der Waals surface area contributed by atoms with Crippen LogP contribution in [0.15, 0.2) is 24.3 Å². The topological polar surface area (TPSA) is 47.3 Å². The summed E-state index contributed by atoms with van der Waals surface area (Å²) in [7, 11) is 1.70. The molecule has 3 N–H and O–H groups in total. The number of nitrogens with one attached hydrogen (secondary N) is 1. The average molecular weight is 236 g/mol. The molecule has 0 aliphatic rings. The Morgan fingerprint density at radius 1 is 1.29 bits per heavy atom. The highest BCUT2D eigenvalue weighted by Gasteiger charge is 2.09. The number of hydrogen-bond donors (Lipinski definition) is 2. The van der Waals surface area contributed by atoms with Crippen LogP contribution in [0.4, 0.5) is 0 Å². The Hall–Kier alpha value is -1.06. The van der Waals surface area contributed by atoms with Gasteiger partial charge in [0.15, 0.2) is 0 Å². The predicted molar refractivity (Wildman–Crippen MR) is 72.2 cm³/mol. The van der Waals surface area contributed by atoms with E-state index >= 15 is 0 Å². The van der Waals surface area contributed by atoms with Crippen LogP contribution in [0.25, 0.3) is 0 Å². The molecule has 0 unspecified atom stereocenters. The largest absolute Gasteiger partial charge is 0.496 e. The predicted octanol–water partition coefficient (Wildman–Crippen LogP) is 2.30. The molecule has 0 aromatic heterocycles. The summed E-state index contributed by atoms with van der Waals surface area (Å²) in [6, 6.07) is 8.08. The Morgan fingerprint density at radius 3 is 2.65 bits per heavy atom. The number of para-hydroxylation sites is 1. The van der Waals surface area contributed by atoms with Gasteiger partial charge < -0.3 is 15.8 Å². The van der Waals surface area contributed by atoms with E-state index in [0.717, 1.165) is 31.7 Å². The van der Waals surface area contributed by atoms with Crippen LogP contribution in [-0.2, 0) is 6.54 Å². The zero-order valence-electron chi connectivity index (χ0n) is 11.1. The van der Waals surface area contributed by atoms with Crippen LogP contribution in [0.5, 0.6) is 5.75 Å². The number of rotatable bonds is 7. The van der Waals surface area contributed by atoms with Gasteiger partial charge in [0.1, 0.15) is 5.75 Å². The van der Waals surface area contributed by atoms with Crippen LogP contribution in [-0.4, -0.2) is 19.2 Å². The van der Waals surface area contributed by atoms with Crippen LogP contribution in [0.3, 0.4) is 0 Å². The SMILES string of the molecule is COc1ccccc1CNCCCC(C)(C)N. The molecule has 0 saturated carbocycles. The first-order valence-corrected chi connectivity index (χ1v) is 6.14. The van der Waals surface area contributed by atoms with E-state index in [1.165, 1.54) is 5.56 Å². The lowest BCUT2D eigenvalue weighted by molar-refractivity contribution is 0.406. The summed E-state index contributed by atoms with van der Waals surface area (Å²) < 4.78 is 5.30. The van der Waals surface area contributed by atoms with Gasteiger partial charge in [-0.2, -0.15) is 0 Å². The highest BCUT2D eigenvalue weighted by molar-refractivity contribution is 5.32. The monoisotopic (exact) mass is 236 g/mol. The minimum absolute atomic E-state index is 0.0634. The molecule has 0 atom stereocenters. The van der Waals surface area contributed by atoms with Gasteiger partial charge in [-0.1, -0.05) is 18.2 Å². The molecule has 0 spiro atoms. The summed E-state index contributed by atoms with van der Waals surface area (Å²) in [5, 5.41) is 3.41. The fourth-order valence-corrected chi connectivity index (χ4v) is 1.74. The smallest absolute Gasteiger partial charge is 0.123 e. The second-order valence-electron chi connectivity index (χ2n) is 5.08. The Morgan fingerprint density at radius 2 is 2.00 bits per heavy atom. The molecular weight excluding hydrogens is 212 g/mol. The Balaban J connectivity index is 2.27. The normalized spacial score (nSPS) is 11.5. The van der Waals surface area contributed by atoms with Crippen molar-refractivity contribution in [3.63, 3.8) is 0 Å². The van der Waals surface area contributed by atoms with E-state index in [-0.39, 0.29) is 5.54 Å². The van der Waals surface area contributed by atoms with Crippen LogP contribution in [0.2, 0.25) is 0 Å². The lowest BCUT2D eigenvalue weighted by atomic mass is 10.0. The fourth-order valence-electron chi connectivity index (χ4n) is 1.74. The average Bonchev–Trinajstić information content (AvgIpc) is 2.27. The maximum absolute atomic E-state index is 5.93. The van der Waals surface area contributed by atoms with Gasteiger partial charge in [0, 0.05) is 17.6 Å². The summed E-state index contributed by atoms with van der Waals surface area (Å²) in [6.07, 6.45) is 2.13. The van der Waals surface area contributed by atoms with Crippen LogP contribution >= 0.6 is 0 Å². The van der Waals surface area contributed by atoms with E-state index in [1.807, 2.05) is 18.2 Å². The van der Waals surface area contributed by atoms with Gasteiger partial charge >= 0.3 is 0 Å². The second-order valence-corrected chi connectivity index (χ2v) is 5.08. The molecule has 0 aliphatic carbocycles. The summed E-state index contributed by atoms with van der Waals surface area (Å²) in [5.41, 5.74) is 7.06. The number of benzene rings is 1. The Labute approximate surface area is 104 Å². The van der Waals surface area contributed by atoms with Crippen LogP contribution in [0.1, 0.15) is 32.3 Å². The third-order valence-corrected chi connectivity index (χ3v) is 2.68. The minimum atomic E-state index is -0.0634. The van der Waals surface area contributed by atoms with Crippen molar-refractivity contribution < 1.29 is 4.74 Å². The third kappa shape index (κ3) is 5.71. The molecule has 0 bridgehead atoms. The molecule has 3 nitrogen and oxygen atoms in total. The molecule has 3 heteroatoms. The van der Waals surface area contributed by atoms with E-state index in [0.29, 0.717) is 0 Å². The summed E-state index contributed by atoms with van der Waals surface area (Å²) in [6.45, 7) is 5.95. The Bertz CT molecular complexity index is 331. The standard InChI is InChI=1S/C14H24N2O/c1-14(2,15)9-6-10-16-11-12-7-4-5-8-13(12)17-3/h4-5,7-8,16H,6,9-11,15H2,1-3H3. The molecule has 0 saturated heterocycles. The molecule has 0 heterocycles. The van der Waals surface area contributed by atoms with Crippen LogP contribution in [0, 0.1) is 0 Å². The maximum Gasteiger partial charge on any atom is 0.123 e. The number of ether oxygens (including phenoxy) is 1. The maximum atomic E-state index is 5.93. The van der Waals surface area contributed by atoms with Crippen molar-refractivity contribution in [3.05, 3.63) is 29.8 Å². The van der Waals surface area contributed by atoms with Crippen molar-refractivity contribution in [2.75, 3.05) is 13.7 Å². The number of methoxy groups -OCH3 is 1. The molecule has 0 radical (unpaired) electrons. The molecule has 0 fully saturated rings. The van der Waals surface area contributed by atoms with Crippen molar-refractivity contribution in [3.8, 4) is 5.75 Å². The van der Waals surface area contributed by atoms with Crippen LogP contribution < -0.4 is 15.8 Å². The van der Waals surface area contributed by atoms with E-state index in [2.05, 4.69) is 25.2 Å². The molecule has 96 valence electrons. The summed E-state index contributed by atoms with van der Waals surface area (Å²) in [5.74, 6) is 0.944. The van der Waals surface area contributed by atoms with E-state index in [4.69, 9.17) is 10.5 Å². The number of nitrogens with two attached hydrogens (primary N) is 1. The van der Waals surface area contributed by atoms with Crippen molar-refractivity contribution in [2.45, 2.75) is 38.8 Å². The fraction of sp³-hybridized carbons (Fsp3) is 0.571. The van der Waals surface area contributed by atoms with Gasteiger partial charge in [0.05, 0.1) is 7.11 Å². The second kappa shape index (κ2) is 6.62. The Kier molecular flexibility index (Phi) is 5.45. The first-order valence-electron chi connectivity index (χ1n) is 6.14. The molecular formula is C14H24N2O. The highest BCUT2D eigenvalue weighted by atomic mass is 16.5. The first kappa shape index (κ1) is 14.0. The van der Waals surface area contributed by atoms with Crippen molar-refractivity contribution in [1.82, 2.24) is 5.32 Å². The lowest BCUT2D eigenvalue weighted by Gasteiger charge is -2.18. The van der Waals surface area contributed by atoms with E-state index in [9.17, 15) is 0 Å². The number of hydrogen-bond acceptors (Lipinski definition) is 3. The summed E-state index contributed by atoms with van der Waals surface area (Å²) in [4.78, 5) is 0. The first-order chi connectivity index (χ1) is 8.03. The quantitative estimate of drug-likeness (QED) is 0.714. The molecule has 17 heavy (non-hydrogen) atoms. The lowest BCUT2D eigenvalue weighted by Crippen LogP contribution is -2.32. The van der Waals surface area contributed by atoms with E-state index in [1.54, 1.807) is 7.11 Å². The van der Waals surface area contributed by atoms with Crippen molar-refractivity contribution in [1.29, 1.82) is 0 Å². The van der Waals surface area contributed by atoms with Gasteiger partial charge in [0.25, 0.3) is 0 Å². The highest BCUT2D eigenvalue weighted by Crippen LogP contribution is 2.16. The zero-order chi connectivity index (χ0) is 12.7. The molecule has 0 aliphatic heterocycles. The molecule has 1 aromatic rings. The van der Waals surface area contributed by atoms with Gasteiger partial charge in [0.2, 0.25) is 0 Å². The minimum Gasteiger partial charge on any atom is -0.496 e. The van der Waals surface area contributed by atoms with Gasteiger partial charge in [-0.25, -0.2) is 0 Å². The van der Waals surface area contributed by atoms with E-state index < -0.39 is 0 Å². The summed E-state index contributed by atoms with van der Waals surface area (Å²) >= 11 is 0. The zero-order valence-corrected chi connectivity index (χ0v) is 11.1. The molecule has 1 rings (SSSR count). The van der Waals surface area contributed by atoms with Crippen molar-refractivity contribution in [2.24, 2.45) is 5.73 Å². The molecule has 1 aromatic carbocycles. The van der Waals surface area contributed by atoms with Crippen molar-refractivity contribution >= 4 is 0 Å². The third-order valence-electron chi connectivity index (χ3n) is 2.68. The molecule has 0 amide bonds. The van der Waals surface area contributed by atoms with Gasteiger partial charge in [-0.15, -0.1) is 0 Å². The van der Waals surface area contributed by atoms with Gasteiger partial charge in [-0.3, -0.25) is 0 Å². The van der Waals surface area contributed by atoms with Gasteiger partial charge in [-0.05, 0) is 39.3 Å².